The van der Waals surface area contributed by atoms with Crippen molar-refractivity contribution in [2.24, 2.45) is 0 Å². The van der Waals surface area contributed by atoms with Crippen LogP contribution in [0.15, 0.2) is 114 Å². The number of carbonyl (C=O) groups is 2. The van der Waals surface area contributed by atoms with Gasteiger partial charge in [0.05, 0.1) is 15.6 Å². The molecule has 0 aromatic heterocycles. The third-order valence-corrected chi connectivity index (χ3v) is 10.2. The quantitative estimate of drug-likeness (QED) is 0.190. The normalized spacial score (nSPS) is 14.1. The van der Waals surface area contributed by atoms with E-state index < -0.39 is 28.5 Å². The fourth-order valence-electron chi connectivity index (χ4n) is 5.82. The monoisotopic (exact) mass is 643 g/mol. The molecule has 0 spiro atoms. The molecule has 9 heteroatoms. The molecule has 234 valence electrons. The Kier molecular flexibility index (Phi) is 10.6. The van der Waals surface area contributed by atoms with E-state index in [0.29, 0.717) is 0 Å². The van der Waals surface area contributed by atoms with E-state index in [1.165, 1.54) is 17.0 Å². The van der Waals surface area contributed by atoms with E-state index in [4.69, 9.17) is 11.6 Å². The number of anilines is 1. The van der Waals surface area contributed by atoms with Crippen LogP contribution in [0.2, 0.25) is 5.02 Å². The minimum absolute atomic E-state index is 0.0303. The number of amides is 2. The van der Waals surface area contributed by atoms with E-state index in [1.54, 1.807) is 42.5 Å². The number of hydrogen-bond acceptors (Lipinski definition) is 4. The Morgan fingerprint density at radius 3 is 2.13 bits per heavy atom. The zero-order valence-corrected chi connectivity index (χ0v) is 26.9. The number of sulfonamides is 1. The number of aryl methyl sites for hydroxylation is 1. The topological polar surface area (TPSA) is 86.8 Å². The maximum absolute atomic E-state index is 14.6. The molecule has 1 aliphatic carbocycles. The molecule has 1 unspecified atom stereocenters. The highest BCUT2D eigenvalue weighted by Gasteiger charge is 2.36. The summed E-state index contributed by atoms with van der Waals surface area (Å²) in [6, 6.07) is 31.0. The number of benzene rings is 4. The van der Waals surface area contributed by atoms with E-state index in [2.05, 4.69) is 5.32 Å². The summed E-state index contributed by atoms with van der Waals surface area (Å²) >= 11 is 6.54. The van der Waals surface area contributed by atoms with Crippen LogP contribution >= 0.6 is 11.6 Å². The van der Waals surface area contributed by atoms with Gasteiger partial charge in [-0.1, -0.05) is 115 Å². The largest absolute Gasteiger partial charge is 0.352 e. The van der Waals surface area contributed by atoms with Gasteiger partial charge in [-0.2, -0.15) is 0 Å². The highest BCUT2D eigenvalue weighted by atomic mass is 35.5. The molecular formula is C36H38ClN3O4S. The molecular weight excluding hydrogens is 606 g/mol. The first-order valence-electron chi connectivity index (χ1n) is 15.2. The van der Waals surface area contributed by atoms with Crippen LogP contribution in [0.4, 0.5) is 5.69 Å². The van der Waals surface area contributed by atoms with E-state index >= 15 is 0 Å². The van der Waals surface area contributed by atoms with E-state index in [9.17, 15) is 18.0 Å². The van der Waals surface area contributed by atoms with E-state index in [0.717, 1.165) is 46.7 Å². The summed E-state index contributed by atoms with van der Waals surface area (Å²) < 4.78 is 29.2. The summed E-state index contributed by atoms with van der Waals surface area (Å²) in [5.41, 5.74) is 2.93. The lowest BCUT2D eigenvalue weighted by molar-refractivity contribution is -0.140. The predicted molar refractivity (Wildman–Crippen MR) is 178 cm³/mol. The minimum Gasteiger partial charge on any atom is -0.352 e. The summed E-state index contributed by atoms with van der Waals surface area (Å²) in [5.74, 6) is -0.764. The van der Waals surface area contributed by atoms with Gasteiger partial charge in [0.15, 0.2) is 0 Å². The Hall–Kier alpha value is -4.14. The fraction of sp³-hybridized carbons (Fsp3) is 0.278. The number of nitrogens with zero attached hydrogens (tertiary/aromatic N) is 2. The fourth-order valence-corrected chi connectivity index (χ4v) is 7.56. The van der Waals surface area contributed by atoms with Crippen LogP contribution in [0.25, 0.3) is 0 Å². The van der Waals surface area contributed by atoms with Gasteiger partial charge in [-0.05, 0) is 55.2 Å². The molecule has 4 aromatic rings. The first-order valence-corrected chi connectivity index (χ1v) is 17.1. The number of hydrogen-bond donors (Lipinski definition) is 1. The summed E-state index contributed by atoms with van der Waals surface area (Å²) in [5, 5.41) is 3.39. The highest BCUT2D eigenvalue weighted by molar-refractivity contribution is 7.92. The van der Waals surface area contributed by atoms with Crippen molar-refractivity contribution < 1.29 is 18.0 Å². The third-order valence-electron chi connectivity index (χ3n) is 8.14. The van der Waals surface area contributed by atoms with Crippen molar-refractivity contribution in [3.63, 3.8) is 0 Å². The molecule has 5 rings (SSSR count). The van der Waals surface area contributed by atoms with Crippen molar-refractivity contribution >= 4 is 39.1 Å². The molecule has 0 radical (unpaired) electrons. The molecule has 1 N–H and O–H groups in total. The molecule has 1 atom stereocenters. The zero-order valence-electron chi connectivity index (χ0n) is 25.3. The van der Waals surface area contributed by atoms with Crippen LogP contribution < -0.4 is 9.62 Å². The molecule has 2 amide bonds. The van der Waals surface area contributed by atoms with Crippen LogP contribution in [-0.4, -0.2) is 43.8 Å². The molecule has 45 heavy (non-hydrogen) atoms. The van der Waals surface area contributed by atoms with Gasteiger partial charge in [-0.25, -0.2) is 8.42 Å². The van der Waals surface area contributed by atoms with Gasteiger partial charge in [0.1, 0.15) is 12.6 Å². The SMILES string of the molecule is Cc1cccc(CN(C(=O)CN(c2ccccc2Cl)S(=O)(=O)c2ccccc2)C(Cc2ccccc2)C(=O)NC2CCCC2)c1. The molecule has 1 fully saturated rings. The lowest BCUT2D eigenvalue weighted by atomic mass is 10.0. The Morgan fingerprint density at radius 1 is 0.844 bits per heavy atom. The van der Waals surface area contributed by atoms with Crippen LogP contribution in [0.5, 0.6) is 0 Å². The molecule has 1 aliphatic rings. The molecule has 0 saturated heterocycles. The Labute approximate surface area is 270 Å². The van der Waals surface area contributed by atoms with Gasteiger partial charge < -0.3 is 10.2 Å². The van der Waals surface area contributed by atoms with Crippen molar-refractivity contribution in [1.82, 2.24) is 10.2 Å². The van der Waals surface area contributed by atoms with Crippen LogP contribution in [0.3, 0.4) is 0 Å². The number of halogens is 1. The lowest BCUT2D eigenvalue weighted by Gasteiger charge is -2.34. The second-order valence-corrected chi connectivity index (χ2v) is 13.8. The molecule has 0 aliphatic heterocycles. The lowest BCUT2D eigenvalue weighted by Crippen LogP contribution is -2.54. The summed E-state index contributed by atoms with van der Waals surface area (Å²) in [7, 11) is -4.21. The van der Waals surface area contributed by atoms with E-state index in [1.807, 2.05) is 61.5 Å². The van der Waals surface area contributed by atoms with Crippen LogP contribution in [0, 0.1) is 6.92 Å². The minimum atomic E-state index is -4.21. The van der Waals surface area contributed by atoms with Gasteiger partial charge >= 0.3 is 0 Å². The van der Waals surface area contributed by atoms with Crippen LogP contribution in [-0.2, 0) is 32.6 Å². The van der Waals surface area contributed by atoms with Crippen molar-refractivity contribution in [2.45, 2.75) is 62.6 Å². The second-order valence-electron chi connectivity index (χ2n) is 11.5. The average Bonchev–Trinajstić information content (AvgIpc) is 3.56. The molecule has 1 saturated carbocycles. The van der Waals surface area contributed by atoms with Gasteiger partial charge in [0, 0.05) is 19.0 Å². The van der Waals surface area contributed by atoms with Gasteiger partial charge in [0.2, 0.25) is 11.8 Å². The molecule has 7 nitrogen and oxygen atoms in total. The first kappa shape index (κ1) is 32.3. The molecule has 4 aromatic carbocycles. The number of nitrogens with one attached hydrogen (secondary N) is 1. The standard InChI is InChI=1S/C36H38ClN3O4S/c1-27-13-12-16-29(23-27)25-39(34(24-28-14-4-2-5-15-28)36(42)38-30-17-8-9-18-30)35(41)26-40(33-22-11-10-21-32(33)37)45(43,44)31-19-6-3-7-20-31/h2-7,10-16,19-23,30,34H,8-9,17-18,24-26H2,1H3,(H,38,42). The smallest absolute Gasteiger partial charge is 0.264 e. The Balaban J connectivity index is 1.57. The molecule has 0 heterocycles. The third kappa shape index (κ3) is 8.12. The maximum Gasteiger partial charge on any atom is 0.264 e. The molecule has 0 bridgehead atoms. The first-order chi connectivity index (χ1) is 21.7. The van der Waals surface area contributed by atoms with Gasteiger partial charge in [-0.15, -0.1) is 0 Å². The van der Waals surface area contributed by atoms with Crippen molar-refractivity contribution in [3.05, 3.63) is 131 Å². The van der Waals surface area contributed by atoms with Gasteiger partial charge in [0.25, 0.3) is 10.0 Å². The zero-order chi connectivity index (χ0) is 31.8. The second kappa shape index (κ2) is 14.8. The maximum atomic E-state index is 14.6. The Morgan fingerprint density at radius 2 is 1.47 bits per heavy atom. The summed E-state index contributed by atoms with van der Waals surface area (Å²) in [4.78, 5) is 30.2. The van der Waals surface area contributed by atoms with Crippen molar-refractivity contribution in [1.29, 1.82) is 0 Å². The summed E-state index contributed by atoms with van der Waals surface area (Å²) in [6.45, 7) is 1.54. The number of para-hydroxylation sites is 1. The summed E-state index contributed by atoms with van der Waals surface area (Å²) in [6.07, 6.45) is 4.15. The number of carbonyl (C=O) groups excluding carboxylic acids is 2. The van der Waals surface area contributed by atoms with Crippen molar-refractivity contribution in [3.8, 4) is 0 Å². The Bertz CT molecular complexity index is 1710. The van der Waals surface area contributed by atoms with E-state index in [-0.39, 0.29) is 40.5 Å². The van der Waals surface area contributed by atoms with Crippen LogP contribution in [0.1, 0.15) is 42.4 Å². The average molecular weight is 644 g/mol. The van der Waals surface area contributed by atoms with Gasteiger partial charge in [-0.3, -0.25) is 13.9 Å². The number of rotatable bonds is 12. The van der Waals surface area contributed by atoms with Crippen molar-refractivity contribution in [2.75, 3.05) is 10.8 Å². The predicted octanol–water partition coefficient (Wildman–Crippen LogP) is 6.54. The highest BCUT2D eigenvalue weighted by Crippen LogP contribution is 2.31.